The summed E-state index contributed by atoms with van der Waals surface area (Å²) in [6.07, 6.45) is -3.25. The first-order valence-electron chi connectivity index (χ1n) is 6.58. The van der Waals surface area contributed by atoms with Crippen LogP contribution in [0, 0.1) is 0 Å². The average molecular weight is 308 g/mol. The Hall–Kier alpha value is -2.45. The van der Waals surface area contributed by atoms with E-state index in [0.717, 1.165) is 0 Å². The smallest absolute Gasteiger partial charge is 0.338 e. The highest BCUT2D eigenvalue weighted by Gasteiger charge is 2.29. The van der Waals surface area contributed by atoms with E-state index >= 15 is 0 Å². The molecule has 0 aliphatic rings. The lowest BCUT2D eigenvalue weighted by atomic mass is 10.1. The Bertz CT molecular complexity index is 696. The van der Waals surface area contributed by atoms with Gasteiger partial charge >= 0.3 is 11.9 Å². The van der Waals surface area contributed by atoms with Crippen LogP contribution in [-0.2, 0) is 14.3 Å². The van der Waals surface area contributed by atoms with Crippen LogP contribution in [0.15, 0.2) is 18.2 Å². The van der Waals surface area contributed by atoms with E-state index in [2.05, 4.69) is 19.7 Å². The summed E-state index contributed by atoms with van der Waals surface area (Å²) in [4.78, 5) is 22.9. The Morgan fingerprint density at radius 2 is 2.09 bits per heavy atom. The molecule has 0 saturated heterocycles. The minimum Gasteiger partial charge on any atom is -0.465 e. The maximum atomic E-state index is 11.5. The lowest BCUT2D eigenvalue weighted by Crippen LogP contribution is -2.30. The third kappa shape index (κ3) is 2.92. The van der Waals surface area contributed by atoms with Crippen molar-refractivity contribution in [3.63, 3.8) is 0 Å². The maximum absolute atomic E-state index is 11.5. The van der Waals surface area contributed by atoms with E-state index < -0.39 is 24.1 Å². The molecule has 0 radical (unpaired) electrons. The summed E-state index contributed by atoms with van der Waals surface area (Å²) in [5, 5.41) is 26.8. The summed E-state index contributed by atoms with van der Waals surface area (Å²) in [6, 6.07) is 4.52. The molecule has 3 N–H and O–H groups in total. The Morgan fingerprint density at radius 1 is 1.36 bits per heavy atom. The van der Waals surface area contributed by atoms with Gasteiger partial charge in [0.1, 0.15) is 6.10 Å². The number of ether oxygens (including phenoxy) is 2. The van der Waals surface area contributed by atoms with Gasteiger partial charge < -0.3 is 19.7 Å². The Labute approximate surface area is 125 Å². The van der Waals surface area contributed by atoms with Gasteiger partial charge in [0.2, 0.25) is 0 Å². The lowest BCUT2D eigenvalue weighted by Gasteiger charge is -2.15. The largest absolute Gasteiger partial charge is 0.465 e. The Kier molecular flexibility index (Phi) is 4.74. The van der Waals surface area contributed by atoms with Crippen LogP contribution in [0.4, 0.5) is 0 Å². The molecule has 1 aromatic carbocycles. The molecular weight excluding hydrogens is 292 g/mol. The summed E-state index contributed by atoms with van der Waals surface area (Å²) in [5.41, 5.74) is 0.855. The van der Waals surface area contributed by atoms with Crippen molar-refractivity contribution in [1.29, 1.82) is 0 Å². The molecule has 1 heterocycles. The number of carbonyl (C=O) groups excluding carboxylic acids is 2. The van der Waals surface area contributed by atoms with E-state index in [1.54, 1.807) is 13.0 Å². The van der Waals surface area contributed by atoms with E-state index in [4.69, 9.17) is 0 Å². The van der Waals surface area contributed by atoms with E-state index in [9.17, 15) is 19.8 Å². The Balaban J connectivity index is 2.32. The molecule has 2 rings (SSSR count). The molecule has 0 spiro atoms. The van der Waals surface area contributed by atoms with Gasteiger partial charge in [-0.1, -0.05) is 0 Å². The van der Waals surface area contributed by atoms with Gasteiger partial charge in [0, 0.05) is 5.39 Å². The number of carbonyl (C=O) groups is 2. The van der Waals surface area contributed by atoms with E-state index in [0.29, 0.717) is 16.5 Å². The fourth-order valence-corrected chi connectivity index (χ4v) is 2.02. The van der Waals surface area contributed by atoms with Gasteiger partial charge in [-0.3, -0.25) is 5.10 Å². The molecule has 8 heteroatoms. The molecule has 2 atom stereocenters. The standard InChI is InChI=1S/C14H16N2O6/c1-3-22-14(20)12(18)11(17)10-8-5-4-7(13(19)21-2)6-9(8)15-16-10/h4-6,11-12,17-18H,3H2,1-2H3,(H,15,16). The quantitative estimate of drug-likeness (QED) is 0.679. The summed E-state index contributed by atoms with van der Waals surface area (Å²) < 4.78 is 9.26. The molecule has 2 unspecified atom stereocenters. The van der Waals surface area contributed by atoms with E-state index in [1.807, 2.05) is 0 Å². The van der Waals surface area contributed by atoms with Crippen LogP contribution in [0.2, 0.25) is 0 Å². The molecule has 118 valence electrons. The zero-order valence-electron chi connectivity index (χ0n) is 12.1. The van der Waals surface area contributed by atoms with Gasteiger partial charge in [0.05, 0.1) is 30.5 Å². The molecule has 0 aliphatic heterocycles. The lowest BCUT2D eigenvalue weighted by molar-refractivity contribution is -0.159. The number of aromatic amines is 1. The van der Waals surface area contributed by atoms with Crippen molar-refractivity contribution < 1.29 is 29.3 Å². The first-order chi connectivity index (χ1) is 10.5. The minimum absolute atomic E-state index is 0.0921. The van der Waals surface area contributed by atoms with Crippen molar-refractivity contribution in [1.82, 2.24) is 10.2 Å². The van der Waals surface area contributed by atoms with Crippen molar-refractivity contribution in [3.8, 4) is 0 Å². The molecular formula is C14H16N2O6. The van der Waals surface area contributed by atoms with Crippen molar-refractivity contribution >= 4 is 22.8 Å². The van der Waals surface area contributed by atoms with Gasteiger partial charge in [-0.15, -0.1) is 0 Å². The van der Waals surface area contributed by atoms with Crippen LogP contribution < -0.4 is 0 Å². The number of hydrogen-bond acceptors (Lipinski definition) is 7. The summed E-state index contributed by atoms with van der Waals surface area (Å²) in [6.45, 7) is 1.69. The zero-order chi connectivity index (χ0) is 16.3. The fraction of sp³-hybridized carbons (Fsp3) is 0.357. The number of aliphatic hydroxyl groups excluding tert-OH is 2. The molecule has 0 saturated carbocycles. The van der Waals surface area contributed by atoms with E-state index in [-0.39, 0.29) is 12.3 Å². The second kappa shape index (κ2) is 6.54. The minimum atomic E-state index is -1.73. The third-order valence-electron chi connectivity index (χ3n) is 3.13. The molecule has 1 aromatic heterocycles. The molecule has 8 nitrogen and oxygen atoms in total. The van der Waals surface area contributed by atoms with Crippen LogP contribution >= 0.6 is 0 Å². The number of hydrogen-bond donors (Lipinski definition) is 3. The van der Waals surface area contributed by atoms with Crippen molar-refractivity contribution in [2.24, 2.45) is 0 Å². The van der Waals surface area contributed by atoms with Crippen LogP contribution in [0.1, 0.15) is 29.1 Å². The van der Waals surface area contributed by atoms with Crippen LogP contribution in [-0.4, -0.2) is 52.2 Å². The van der Waals surface area contributed by atoms with Crippen LogP contribution in [0.25, 0.3) is 10.9 Å². The second-order valence-corrected chi connectivity index (χ2v) is 4.50. The zero-order valence-corrected chi connectivity index (χ0v) is 12.1. The SMILES string of the molecule is CCOC(=O)C(O)C(O)c1[nH]nc2cc(C(=O)OC)ccc12. The number of aliphatic hydroxyl groups is 2. The van der Waals surface area contributed by atoms with Gasteiger partial charge in [0.15, 0.2) is 6.10 Å². The number of H-pyrrole nitrogens is 1. The highest BCUT2D eigenvalue weighted by Crippen LogP contribution is 2.25. The van der Waals surface area contributed by atoms with Gasteiger partial charge in [-0.25, -0.2) is 9.59 Å². The Morgan fingerprint density at radius 3 is 2.73 bits per heavy atom. The first kappa shape index (κ1) is 15.9. The van der Waals surface area contributed by atoms with E-state index in [1.165, 1.54) is 19.2 Å². The van der Waals surface area contributed by atoms with Crippen molar-refractivity contribution in [2.45, 2.75) is 19.1 Å². The second-order valence-electron chi connectivity index (χ2n) is 4.50. The van der Waals surface area contributed by atoms with Crippen LogP contribution in [0.5, 0.6) is 0 Å². The fourth-order valence-electron chi connectivity index (χ4n) is 2.02. The number of aromatic nitrogens is 2. The van der Waals surface area contributed by atoms with Gasteiger partial charge in [-0.2, -0.15) is 5.10 Å². The summed E-state index contributed by atoms with van der Waals surface area (Å²) in [5.74, 6) is -1.44. The number of nitrogens with one attached hydrogen (secondary N) is 1. The number of nitrogens with zero attached hydrogens (tertiary/aromatic N) is 1. The predicted octanol–water partition coefficient (Wildman–Crippen LogP) is 0.307. The normalized spacial score (nSPS) is 13.6. The predicted molar refractivity (Wildman–Crippen MR) is 75.0 cm³/mol. The number of benzene rings is 1. The van der Waals surface area contributed by atoms with Crippen molar-refractivity contribution in [3.05, 3.63) is 29.5 Å². The van der Waals surface area contributed by atoms with Crippen molar-refractivity contribution in [2.75, 3.05) is 13.7 Å². The molecule has 0 amide bonds. The number of rotatable bonds is 5. The molecule has 0 bridgehead atoms. The van der Waals surface area contributed by atoms with Gasteiger partial charge in [-0.05, 0) is 25.1 Å². The molecule has 0 fully saturated rings. The third-order valence-corrected chi connectivity index (χ3v) is 3.13. The number of esters is 2. The molecule has 2 aromatic rings. The molecule has 22 heavy (non-hydrogen) atoms. The van der Waals surface area contributed by atoms with Crippen LogP contribution in [0.3, 0.4) is 0 Å². The maximum Gasteiger partial charge on any atom is 0.338 e. The van der Waals surface area contributed by atoms with Gasteiger partial charge in [0.25, 0.3) is 0 Å². The highest BCUT2D eigenvalue weighted by atomic mass is 16.5. The average Bonchev–Trinajstić information content (AvgIpc) is 2.95. The molecule has 0 aliphatic carbocycles. The number of fused-ring (bicyclic) bond motifs is 1. The topological polar surface area (TPSA) is 122 Å². The summed E-state index contributed by atoms with van der Waals surface area (Å²) >= 11 is 0. The summed E-state index contributed by atoms with van der Waals surface area (Å²) in [7, 11) is 1.27. The first-order valence-corrected chi connectivity index (χ1v) is 6.58. The number of methoxy groups -OCH3 is 1. The highest BCUT2D eigenvalue weighted by molar-refractivity contribution is 5.95. The monoisotopic (exact) mass is 308 g/mol.